The lowest BCUT2D eigenvalue weighted by Gasteiger charge is -2.28. The Morgan fingerprint density at radius 3 is 2.90 bits per heavy atom. The molecule has 1 aromatic rings. The minimum atomic E-state index is -0.359. The van der Waals surface area contributed by atoms with E-state index < -0.39 is 0 Å². The van der Waals surface area contributed by atoms with Crippen LogP contribution in [-0.2, 0) is 6.54 Å². The largest absolute Gasteiger partial charge is 0.490 e. The first kappa shape index (κ1) is 15.8. The summed E-state index contributed by atoms with van der Waals surface area (Å²) in [6, 6.07) is 4.88. The molecule has 2 atom stereocenters. The number of hydrogen-bond acceptors (Lipinski definition) is 4. The summed E-state index contributed by atoms with van der Waals surface area (Å²) >= 11 is 0. The van der Waals surface area contributed by atoms with E-state index in [4.69, 9.17) is 4.74 Å². The smallest absolute Gasteiger partial charge is 0.270 e. The van der Waals surface area contributed by atoms with Crippen molar-refractivity contribution >= 4 is 5.69 Å². The maximum atomic E-state index is 10.9. The molecule has 2 unspecified atom stereocenters. The molecule has 0 aromatic heterocycles. The number of benzene rings is 1. The number of nitro groups is 1. The van der Waals surface area contributed by atoms with Crippen LogP contribution in [0.15, 0.2) is 18.2 Å². The number of nitrogens with zero attached hydrogens (tertiary/aromatic N) is 1. The topological polar surface area (TPSA) is 64.4 Å². The molecule has 1 aliphatic rings. The highest BCUT2D eigenvalue weighted by molar-refractivity contribution is 5.44. The van der Waals surface area contributed by atoms with E-state index in [-0.39, 0.29) is 16.7 Å². The quantitative estimate of drug-likeness (QED) is 0.642. The number of hydrogen-bond donors (Lipinski definition) is 1. The fourth-order valence-corrected chi connectivity index (χ4v) is 2.86. The van der Waals surface area contributed by atoms with Gasteiger partial charge in [0.2, 0.25) is 0 Å². The third-order valence-electron chi connectivity index (χ3n) is 4.00. The van der Waals surface area contributed by atoms with Crippen LogP contribution < -0.4 is 10.1 Å². The van der Waals surface area contributed by atoms with Gasteiger partial charge in [-0.05, 0) is 37.8 Å². The summed E-state index contributed by atoms with van der Waals surface area (Å²) in [7, 11) is 0. The first-order chi connectivity index (χ1) is 10.1. The van der Waals surface area contributed by atoms with Crippen LogP contribution in [0.1, 0.15) is 45.1 Å². The average Bonchev–Trinajstić information content (AvgIpc) is 2.46. The van der Waals surface area contributed by atoms with E-state index in [9.17, 15) is 10.1 Å². The summed E-state index contributed by atoms with van der Waals surface area (Å²) in [5.74, 6) is 1.47. The first-order valence-electron chi connectivity index (χ1n) is 7.74. The fourth-order valence-electron chi connectivity index (χ4n) is 2.86. The van der Waals surface area contributed by atoms with Gasteiger partial charge in [0.1, 0.15) is 5.75 Å². The summed E-state index contributed by atoms with van der Waals surface area (Å²) in [6.07, 6.45) is 4.83. The average molecular weight is 292 g/mol. The Labute approximate surface area is 125 Å². The number of nitro benzene ring substituents is 1. The van der Waals surface area contributed by atoms with Gasteiger partial charge in [-0.3, -0.25) is 10.1 Å². The second-order valence-electron chi connectivity index (χ2n) is 5.84. The number of rotatable bonds is 6. The molecular formula is C16H24N2O3. The van der Waals surface area contributed by atoms with Crippen molar-refractivity contribution in [3.63, 3.8) is 0 Å². The van der Waals surface area contributed by atoms with E-state index in [0.717, 1.165) is 30.7 Å². The van der Waals surface area contributed by atoms with Crippen molar-refractivity contribution in [1.29, 1.82) is 0 Å². The Kier molecular flexibility index (Phi) is 5.56. The van der Waals surface area contributed by atoms with Crippen LogP contribution >= 0.6 is 0 Å². The van der Waals surface area contributed by atoms with E-state index >= 15 is 0 Å². The molecule has 1 saturated carbocycles. The Morgan fingerprint density at radius 2 is 2.24 bits per heavy atom. The molecule has 116 valence electrons. The maximum Gasteiger partial charge on any atom is 0.270 e. The van der Waals surface area contributed by atoms with Crippen LogP contribution in [0.4, 0.5) is 5.69 Å². The van der Waals surface area contributed by atoms with E-state index in [0.29, 0.717) is 12.5 Å². The fraction of sp³-hybridized carbons (Fsp3) is 0.625. The molecule has 0 saturated heterocycles. The molecule has 0 heterocycles. The third kappa shape index (κ3) is 4.43. The van der Waals surface area contributed by atoms with Gasteiger partial charge in [0, 0.05) is 24.2 Å². The minimum Gasteiger partial charge on any atom is -0.490 e. The van der Waals surface area contributed by atoms with Crippen LogP contribution in [0.2, 0.25) is 0 Å². The monoisotopic (exact) mass is 292 g/mol. The zero-order chi connectivity index (χ0) is 15.2. The molecule has 5 nitrogen and oxygen atoms in total. The van der Waals surface area contributed by atoms with E-state index in [1.54, 1.807) is 12.1 Å². The predicted octanol–water partition coefficient (Wildman–Crippen LogP) is 3.66. The molecule has 1 fully saturated rings. The highest BCUT2D eigenvalue weighted by atomic mass is 16.6. The zero-order valence-corrected chi connectivity index (χ0v) is 12.8. The summed E-state index contributed by atoms with van der Waals surface area (Å²) in [6.45, 7) is 5.68. The van der Waals surface area contributed by atoms with Crippen molar-refractivity contribution in [2.24, 2.45) is 5.92 Å². The summed E-state index contributed by atoms with van der Waals surface area (Å²) in [5, 5.41) is 14.1. The lowest BCUT2D eigenvalue weighted by molar-refractivity contribution is -0.384. The maximum absolute atomic E-state index is 10.9. The van der Waals surface area contributed by atoms with Crippen LogP contribution in [0, 0.1) is 16.0 Å². The second-order valence-corrected chi connectivity index (χ2v) is 5.84. The van der Waals surface area contributed by atoms with E-state index in [2.05, 4.69) is 12.2 Å². The number of non-ortho nitro benzene ring substituents is 1. The van der Waals surface area contributed by atoms with Crippen molar-refractivity contribution in [3.05, 3.63) is 33.9 Å². The molecule has 1 aromatic carbocycles. The molecule has 1 N–H and O–H groups in total. The van der Waals surface area contributed by atoms with Gasteiger partial charge in [-0.25, -0.2) is 0 Å². The molecule has 21 heavy (non-hydrogen) atoms. The molecule has 0 spiro atoms. The molecular weight excluding hydrogens is 268 g/mol. The van der Waals surface area contributed by atoms with Gasteiger partial charge < -0.3 is 10.1 Å². The molecule has 2 rings (SSSR count). The number of nitrogens with one attached hydrogen (secondary N) is 1. The van der Waals surface area contributed by atoms with Gasteiger partial charge in [-0.15, -0.1) is 0 Å². The number of ether oxygens (including phenoxy) is 1. The van der Waals surface area contributed by atoms with Crippen molar-refractivity contribution in [2.45, 2.75) is 52.2 Å². The molecule has 5 heteroatoms. The van der Waals surface area contributed by atoms with Crippen LogP contribution in [0.3, 0.4) is 0 Å². The Balaban J connectivity index is 2.14. The predicted molar refractivity (Wildman–Crippen MR) is 82.5 cm³/mol. The molecule has 0 amide bonds. The normalized spacial score (nSPS) is 22.0. The molecule has 0 aliphatic heterocycles. The standard InChI is InChI=1S/C16H24N2O3/c1-3-17-11-13-10-14(18(19)20)7-8-16(13)21-15-6-4-5-12(2)9-15/h7-8,10,12,15,17H,3-6,9,11H2,1-2H3. The van der Waals surface area contributed by atoms with E-state index in [1.807, 2.05) is 6.92 Å². The van der Waals surface area contributed by atoms with Crippen molar-refractivity contribution in [2.75, 3.05) is 6.54 Å². The van der Waals surface area contributed by atoms with Gasteiger partial charge >= 0.3 is 0 Å². The lowest BCUT2D eigenvalue weighted by atomic mass is 9.88. The second kappa shape index (κ2) is 7.41. The summed E-state index contributed by atoms with van der Waals surface area (Å²) < 4.78 is 6.13. The van der Waals surface area contributed by atoms with Gasteiger partial charge in [-0.1, -0.05) is 20.3 Å². The first-order valence-corrected chi connectivity index (χ1v) is 7.74. The molecule has 0 radical (unpaired) electrons. The third-order valence-corrected chi connectivity index (χ3v) is 4.00. The lowest BCUT2D eigenvalue weighted by Crippen LogP contribution is -2.25. The summed E-state index contributed by atoms with van der Waals surface area (Å²) in [4.78, 5) is 10.6. The van der Waals surface area contributed by atoms with Gasteiger partial charge in [0.05, 0.1) is 11.0 Å². The van der Waals surface area contributed by atoms with Gasteiger partial charge in [0.15, 0.2) is 0 Å². The van der Waals surface area contributed by atoms with E-state index in [1.165, 1.54) is 18.9 Å². The van der Waals surface area contributed by atoms with Gasteiger partial charge in [0.25, 0.3) is 5.69 Å². The van der Waals surface area contributed by atoms with Crippen molar-refractivity contribution < 1.29 is 9.66 Å². The van der Waals surface area contributed by atoms with Crippen molar-refractivity contribution in [3.8, 4) is 5.75 Å². The molecule has 0 bridgehead atoms. The Bertz CT molecular complexity index is 490. The van der Waals surface area contributed by atoms with Crippen molar-refractivity contribution in [1.82, 2.24) is 5.32 Å². The Morgan fingerprint density at radius 1 is 1.43 bits per heavy atom. The van der Waals surface area contributed by atoms with Crippen LogP contribution in [-0.4, -0.2) is 17.6 Å². The highest BCUT2D eigenvalue weighted by Gasteiger charge is 2.22. The SMILES string of the molecule is CCNCc1cc([N+](=O)[O-])ccc1OC1CCCC(C)C1. The van der Waals surface area contributed by atoms with Gasteiger partial charge in [-0.2, -0.15) is 0 Å². The van der Waals surface area contributed by atoms with Crippen LogP contribution in [0.5, 0.6) is 5.75 Å². The molecule has 1 aliphatic carbocycles. The zero-order valence-electron chi connectivity index (χ0n) is 12.8. The summed E-state index contributed by atoms with van der Waals surface area (Å²) in [5.41, 5.74) is 0.983. The Hall–Kier alpha value is -1.62. The minimum absolute atomic E-state index is 0.118. The van der Waals surface area contributed by atoms with Crippen LogP contribution in [0.25, 0.3) is 0 Å². The highest BCUT2D eigenvalue weighted by Crippen LogP contribution is 2.30.